The number of pyridine rings is 1. The number of aromatic nitrogens is 3. The van der Waals surface area contributed by atoms with E-state index in [0.29, 0.717) is 12.0 Å². The molecule has 2 aliphatic carbocycles. The summed E-state index contributed by atoms with van der Waals surface area (Å²) in [5.74, 6) is 1.43. The average molecular weight is 425 g/mol. The van der Waals surface area contributed by atoms with Gasteiger partial charge in [-0.1, -0.05) is 45.9 Å². The second kappa shape index (κ2) is 7.41. The molecular formula is C27H28N4O. The highest BCUT2D eigenvalue weighted by molar-refractivity contribution is 5.92. The van der Waals surface area contributed by atoms with Crippen molar-refractivity contribution in [3.8, 4) is 17.5 Å². The van der Waals surface area contributed by atoms with Gasteiger partial charge in [0.2, 0.25) is 0 Å². The van der Waals surface area contributed by atoms with E-state index in [1.165, 1.54) is 5.56 Å². The van der Waals surface area contributed by atoms with E-state index in [0.717, 1.165) is 46.5 Å². The molecule has 0 unspecified atom stereocenters. The summed E-state index contributed by atoms with van der Waals surface area (Å²) in [6.45, 7) is 8.63. The largest absolute Gasteiger partial charge is 0.511 e. The molecule has 1 N–H and O–H groups in total. The molecular weight excluding hydrogens is 396 g/mol. The number of hydrogen-bond acceptors (Lipinski definition) is 5. The van der Waals surface area contributed by atoms with Crippen molar-refractivity contribution in [3.63, 3.8) is 0 Å². The van der Waals surface area contributed by atoms with Gasteiger partial charge in [-0.3, -0.25) is 4.98 Å². The van der Waals surface area contributed by atoms with E-state index in [-0.39, 0.29) is 28.9 Å². The van der Waals surface area contributed by atoms with Crippen LogP contribution in [0.4, 0.5) is 0 Å². The summed E-state index contributed by atoms with van der Waals surface area (Å²) < 4.78 is 0. The minimum atomic E-state index is -0.311. The number of allylic oxidation sites excluding steroid dienone is 2. The Bertz CT molecular complexity index is 1300. The summed E-state index contributed by atoms with van der Waals surface area (Å²) in [6.07, 6.45) is 4.20. The molecule has 2 aromatic heterocycles. The number of fused-ring (bicyclic) bond motifs is 4. The van der Waals surface area contributed by atoms with Crippen molar-refractivity contribution in [2.45, 2.75) is 58.3 Å². The predicted octanol–water partition coefficient (Wildman–Crippen LogP) is 6.01. The van der Waals surface area contributed by atoms with Gasteiger partial charge in [-0.25, -0.2) is 9.97 Å². The fraction of sp³-hybridized carbons (Fsp3) is 0.407. The lowest BCUT2D eigenvalue weighted by Crippen LogP contribution is -2.45. The normalized spacial score (nSPS) is 24.9. The highest BCUT2D eigenvalue weighted by Crippen LogP contribution is 2.53. The maximum Gasteiger partial charge on any atom is 0.160 e. The van der Waals surface area contributed by atoms with Crippen molar-refractivity contribution in [1.29, 1.82) is 5.26 Å². The van der Waals surface area contributed by atoms with Crippen molar-refractivity contribution >= 4 is 10.9 Å². The van der Waals surface area contributed by atoms with Crippen LogP contribution in [0.15, 0.2) is 47.9 Å². The molecule has 0 spiro atoms. The summed E-state index contributed by atoms with van der Waals surface area (Å²) in [4.78, 5) is 14.8. The van der Waals surface area contributed by atoms with Crippen LogP contribution in [0.1, 0.15) is 63.4 Å². The fourth-order valence-corrected chi connectivity index (χ4v) is 5.94. The highest BCUT2D eigenvalue weighted by atomic mass is 16.3. The van der Waals surface area contributed by atoms with E-state index in [9.17, 15) is 10.4 Å². The molecule has 1 aromatic carbocycles. The minimum Gasteiger partial charge on any atom is -0.511 e. The Morgan fingerprint density at radius 3 is 2.72 bits per heavy atom. The molecule has 0 saturated heterocycles. The maximum absolute atomic E-state index is 10.7. The Morgan fingerprint density at radius 1 is 1.19 bits per heavy atom. The third-order valence-electron chi connectivity index (χ3n) is 7.56. The molecule has 0 fully saturated rings. The SMILES string of the molecule is CC(C)c1nc(-c2ccnc3ccccc23)nc2c1CC[C@@H]1[C@@H](C)C(O)=C(C#N)C[C@@]21C. The van der Waals surface area contributed by atoms with E-state index in [2.05, 4.69) is 37.9 Å². The first kappa shape index (κ1) is 20.6. The van der Waals surface area contributed by atoms with Crippen LogP contribution in [0.5, 0.6) is 0 Å². The van der Waals surface area contributed by atoms with Gasteiger partial charge in [-0.05, 0) is 48.8 Å². The van der Waals surface area contributed by atoms with Gasteiger partial charge in [-0.2, -0.15) is 5.26 Å². The van der Waals surface area contributed by atoms with Gasteiger partial charge in [0.1, 0.15) is 5.76 Å². The van der Waals surface area contributed by atoms with Gasteiger partial charge in [0.05, 0.1) is 28.5 Å². The molecule has 5 heteroatoms. The second-order valence-corrected chi connectivity index (χ2v) is 9.79. The molecule has 2 heterocycles. The number of nitriles is 1. The molecule has 32 heavy (non-hydrogen) atoms. The van der Waals surface area contributed by atoms with Crippen LogP contribution in [0, 0.1) is 23.2 Å². The molecule has 3 atom stereocenters. The van der Waals surface area contributed by atoms with Gasteiger partial charge in [-0.15, -0.1) is 0 Å². The zero-order valence-corrected chi connectivity index (χ0v) is 19.1. The number of aliphatic hydroxyl groups excluding tert-OH is 1. The Labute approximate surface area is 188 Å². The van der Waals surface area contributed by atoms with Crippen LogP contribution in [-0.2, 0) is 11.8 Å². The van der Waals surface area contributed by atoms with Crippen LogP contribution < -0.4 is 0 Å². The molecule has 0 saturated carbocycles. The van der Waals surface area contributed by atoms with Crippen molar-refractivity contribution in [2.75, 3.05) is 0 Å². The first-order valence-electron chi connectivity index (χ1n) is 11.4. The standard InChI is InChI=1S/C27H28N4O/c1-15(2)23-20-9-10-21-16(3)24(32)17(14-28)13-27(21,4)25(20)31-26(30-23)19-11-12-29-22-8-6-5-7-18(19)22/h5-8,11-12,15-16,21,32H,9-10,13H2,1-4H3/t16-,21-,27-/m1/s1. The molecule has 162 valence electrons. The second-order valence-electron chi connectivity index (χ2n) is 9.79. The third kappa shape index (κ3) is 2.93. The zero-order chi connectivity index (χ0) is 22.6. The van der Waals surface area contributed by atoms with E-state index in [4.69, 9.17) is 9.97 Å². The number of benzene rings is 1. The molecule has 0 aliphatic heterocycles. The van der Waals surface area contributed by atoms with E-state index < -0.39 is 0 Å². The van der Waals surface area contributed by atoms with Gasteiger partial charge >= 0.3 is 0 Å². The lowest BCUT2D eigenvalue weighted by molar-refractivity contribution is 0.135. The van der Waals surface area contributed by atoms with E-state index in [1.54, 1.807) is 0 Å². The van der Waals surface area contributed by atoms with Crippen LogP contribution in [0.3, 0.4) is 0 Å². The Kier molecular flexibility index (Phi) is 4.78. The van der Waals surface area contributed by atoms with Gasteiger partial charge in [0.25, 0.3) is 0 Å². The molecule has 3 aromatic rings. The zero-order valence-electron chi connectivity index (χ0n) is 19.1. The number of nitrogens with zero attached hydrogens (tertiary/aromatic N) is 4. The molecule has 0 bridgehead atoms. The first-order chi connectivity index (χ1) is 15.3. The van der Waals surface area contributed by atoms with Crippen molar-refractivity contribution in [1.82, 2.24) is 15.0 Å². The molecule has 2 aliphatic rings. The average Bonchev–Trinajstić information content (AvgIpc) is 2.80. The molecule has 5 nitrogen and oxygen atoms in total. The smallest absolute Gasteiger partial charge is 0.160 e. The number of aliphatic hydroxyl groups is 1. The van der Waals surface area contributed by atoms with Crippen molar-refractivity contribution in [2.24, 2.45) is 11.8 Å². The van der Waals surface area contributed by atoms with Crippen molar-refractivity contribution in [3.05, 3.63) is 64.8 Å². The Hall–Kier alpha value is -3.26. The van der Waals surface area contributed by atoms with E-state index >= 15 is 0 Å². The minimum absolute atomic E-state index is 0.0563. The summed E-state index contributed by atoms with van der Waals surface area (Å²) in [7, 11) is 0. The van der Waals surface area contributed by atoms with Crippen LogP contribution >= 0.6 is 0 Å². The number of para-hydroxylation sites is 1. The highest BCUT2D eigenvalue weighted by Gasteiger charge is 2.50. The fourth-order valence-electron chi connectivity index (χ4n) is 5.94. The summed E-state index contributed by atoms with van der Waals surface area (Å²) >= 11 is 0. The molecule has 0 amide bonds. The number of hydrogen-bond donors (Lipinski definition) is 1. The lowest BCUT2D eigenvalue weighted by Gasteiger charge is -2.48. The predicted molar refractivity (Wildman–Crippen MR) is 125 cm³/mol. The Balaban J connectivity index is 1.78. The number of rotatable bonds is 2. The van der Waals surface area contributed by atoms with Gasteiger partial charge < -0.3 is 5.11 Å². The van der Waals surface area contributed by atoms with Gasteiger partial charge in [0, 0.05) is 28.5 Å². The lowest BCUT2D eigenvalue weighted by atomic mass is 9.56. The van der Waals surface area contributed by atoms with Crippen LogP contribution in [-0.4, -0.2) is 20.1 Å². The molecule has 0 radical (unpaired) electrons. The third-order valence-corrected chi connectivity index (χ3v) is 7.56. The maximum atomic E-state index is 10.7. The van der Waals surface area contributed by atoms with Crippen LogP contribution in [0.25, 0.3) is 22.3 Å². The Morgan fingerprint density at radius 2 is 1.97 bits per heavy atom. The summed E-state index contributed by atoms with van der Waals surface area (Å²) in [5.41, 5.74) is 5.46. The monoisotopic (exact) mass is 424 g/mol. The summed E-state index contributed by atoms with van der Waals surface area (Å²) in [6, 6.07) is 12.3. The van der Waals surface area contributed by atoms with Crippen molar-refractivity contribution < 1.29 is 5.11 Å². The first-order valence-corrected chi connectivity index (χ1v) is 11.4. The van der Waals surface area contributed by atoms with Gasteiger partial charge in [0.15, 0.2) is 5.82 Å². The van der Waals surface area contributed by atoms with Crippen LogP contribution in [0.2, 0.25) is 0 Å². The quantitative estimate of drug-likeness (QED) is 0.545. The topological polar surface area (TPSA) is 82.7 Å². The van der Waals surface area contributed by atoms with E-state index in [1.807, 2.05) is 37.4 Å². The summed E-state index contributed by atoms with van der Waals surface area (Å²) in [5, 5.41) is 21.4. The molecule has 5 rings (SSSR count).